The van der Waals surface area contributed by atoms with Gasteiger partial charge < -0.3 is 30.3 Å². The zero-order valence-electron chi connectivity index (χ0n) is 23.0. The molecule has 0 atom stereocenters. The van der Waals surface area contributed by atoms with Crippen LogP contribution in [-0.2, 0) is 4.79 Å². The Morgan fingerprint density at radius 1 is 1.12 bits per heavy atom. The smallest absolute Gasteiger partial charge is 0.247 e. The van der Waals surface area contributed by atoms with Crippen LogP contribution in [0.3, 0.4) is 0 Å². The van der Waals surface area contributed by atoms with Crippen LogP contribution in [0.15, 0.2) is 49.2 Å². The second-order valence-corrected chi connectivity index (χ2v) is 10.4. The van der Waals surface area contributed by atoms with Crippen molar-refractivity contribution in [3.8, 4) is 22.8 Å². The fraction of sp³-hybridized carbons (Fsp3) is 0.241. The maximum Gasteiger partial charge on any atom is 0.247 e. The van der Waals surface area contributed by atoms with Gasteiger partial charge in [0.25, 0.3) is 0 Å². The molecule has 1 fully saturated rings. The number of carbonyl (C=O) groups is 1. The molecule has 10 nitrogen and oxygen atoms in total. The van der Waals surface area contributed by atoms with Crippen molar-refractivity contribution >= 4 is 63.2 Å². The lowest BCUT2D eigenvalue weighted by Gasteiger charge is -2.37. The number of nitrogens with one attached hydrogen (secondary N) is 3. The molecule has 3 N–H and O–H groups in total. The number of likely N-dealkylation sites (N-methyl/N-ethyl adjacent to an activating group) is 1. The van der Waals surface area contributed by atoms with Crippen LogP contribution in [0.2, 0.25) is 10.0 Å². The van der Waals surface area contributed by atoms with E-state index >= 15 is 0 Å². The summed E-state index contributed by atoms with van der Waals surface area (Å²) < 4.78 is 10.9. The summed E-state index contributed by atoms with van der Waals surface area (Å²) in [5.41, 5.74) is 3.75. The van der Waals surface area contributed by atoms with Gasteiger partial charge in [-0.3, -0.25) is 4.79 Å². The third kappa shape index (κ3) is 5.72. The monoisotopic (exact) mass is 593 g/mol. The van der Waals surface area contributed by atoms with E-state index in [0.29, 0.717) is 61.5 Å². The molecule has 1 aliphatic rings. The molecule has 2 aromatic heterocycles. The minimum Gasteiger partial charge on any atom is -0.495 e. The summed E-state index contributed by atoms with van der Waals surface area (Å²) >= 11 is 13.5. The number of methoxy groups -OCH3 is 2. The number of pyridine rings is 1. The van der Waals surface area contributed by atoms with Crippen molar-refractivity contribution in [3.05, 3.63) is 64.8 Å². The first kappa shape index (κ1) is 28.4. The summed E-state index contributed by atoms with van der Waals surface area (Å²) in [6.07, 6.45) is 2.92. The number of hydrogen-bond donors (Lipinski definition) is 3. The number of amides is 1. The number of aryl methyl sites for hydroxylation is 1. The van der Waals surface area contributed by atoms with E-state index in [-0.39, 0.29) is 11.9 Å². The zero-order chi connectivity index (χ0) is 29.3. The number of nitrogens with zero attached hydrogens (tertiary/aromatic N) is 4. The highest BCUT2D eigenvalue weighted by Gasteiger charge is 2.26. The number of hydrogen-bond acceptors (Lipinski definition) is 9. The van der Waals surface area contributed by atoms with Gasteiger partial charge in [-0.2, -0.15) is 0 Å². The molecule has 1 amide bonds. The van der Waals surface area contributed by atoms with Gasteiger partial charge in [0.05, 0.1) is 47.4 Å². The van der Waals surface area contributed by atoms with Gasteiger partial charge >= 0.3 is 0 Å². The molecule has 3 heterocycles. The Morgan fingerprint density at radius 2 is 1.83 bits per heavy atom. The third-order valence-corrected chi connectivity index (χ3v) is 7.50. The number of aromatic nitrogens is 3. The molecule has 0 bridgehead atoms. The van der Waals surface area contributed by atoms with E-state index in [9.17, 15) is 4.79 Å². The van der Waals surface area contributed by atoms with Crippen LogP contribution in [0.1, 0.15) is 5.56 Å². The number of anilines is 4. The summed E-state index contributed by atoms with van der Waals surface area (Å²) in [4.78, 5) is 28.5. The van der Waals surface area contributed by atoms with Crippen LogP contribution in [-0.4, -0.2) is 66.2 Å². The average Bonchev–Trinajstić information content (AvgIpc) is 2.94. The van der Waals surface area contributed by atoms with Crippen LogP contribution < -0.4 is 25.4 Å². The minimum absolute atomic E-state index is 0.181. The van der Waals surface area contributed by atoms with Crippen molar-refractivity contribution in [2.45, 2.75) is 13.0 Å². The topological polar surface area (TPSA) is 114 Å². The minimum atomic E-state index is -0.321. The van der Waals surface area contributed by atoms with E-state index in [1.165, 1.54) is 20.3 Å². The van der Waals surface area contributed by atoms with Crippen LogP contribution >= 0.6 is 23.2 Å². The van der Waals surface area contributed by atoms with Crippen molar-refractivity contribution in [2.24, 2.45) is 0 Å². The Kier molecular flexibility index (Phi) is 8.16. The molecule has 0 aliphatic carbocycles. The molecule has 0 radical (unpaired) electrons. The first-order chi connectivity index (χ1) is 19.7. The highest BCUT2D eigenvalue weighted by Crippen LogP contribution is 2.46. The quantitative estimate of drug-likeness (QED) is 0.203. The highest BCUT2D eigenvalue weighted by molar-refractivity contribution is 6.41. The van der Waals surface area contributed by atoms with Crippen molar-refractivity contribution in [2.75, 3.05) is 50.3 Å². The van der Waals surface area contributed by atoms with Gasteiger partial charge in [-0.25, -0.2) is 15.0 Å². The van der Waals surface area contributed by atoms with Gasteiger partial charge in [-0.15, -0.1) is 0 Å². The molecule has 12 heteroatoms. The second-order valence-electron chi connectivity index (χ2n) is 9.65. The second kappa shape index (κ2) is 11.8. The summed E-state index contributed by atoms with van der Waals surface area (Å²) in [6, 6.07) is 9.22. The largest absolute Gasteiger partial charge is 0.495 e. The van der Waals surface area contributed by atoms with Crippen molar-refractivity contribution < 1.29 is 14.3 Å². The number of ether oxygens (including phenoxy) is 2. The third-order valence-electron chi connectivity index (χ3n) is 6.75. The van der Waals surface area contributed by atoms with E-state index in [1.807, 2.05) is 25.1 Å². The Morgan fingerprint density at radius 3 is 2.46 bits per heavy atom. The van der Waals surface area contributed by atoms with Crippen molar-refractivity contribution in [1.29, 1.82) is 0 Å². The Balaban J connectivity index is 1.62. The number of fused-ring (bicyclic) bond motifs is 1. The van der Waals surface area contributed by atoms with Crippen LogP contribution in [0.4, 0.5) is 23.1 Å². The summed E-state index contributed by atoms with van der Waals surface area (Å²) in [7, 11) is 5.10. The van der Waals surface area contributed by atoms with E-state index in [1.54, 1.807) is 18.3 Å². The Hall–Kier alpha value is -4.12. The lowest BCUT2D eigenvalue weighted by atomic mass is 10.1. The fourth-order valence-corrected chi connectivity index (χ4v) is 5.35. The summed E-state index contributed by atoms with van der Waals surface area (Å²) in [5.74, 6) is 1.39. The number of likely N-dealkylation sites (tertiary alicyclic amines) is 1. The number of rotatable bonds is 9. The van der Waals surface area contributed by atoms with Gasteiger partial charge in [-0.05, 0) is 37.7 Å². The number of carbonyl (C=O) groups excluding carboxylic acids is 1. The zero-order valence-corrected chi connectivity index (χ0v) is 24.5. The van der Waals surface area contributed by atoms with Crippen LogP contribution in [0.25, 0.3) is 22.2 Å². The predicted octanol–water partition coefficient (Wildman–Crippen LogP) is 5.92. The maximum atomic E-state index is 12.0. The van der Waals surface area contributed by atoms with Gasteiger partial charge in [-0.1, -0.05) is 41.9 Å². The highest BCUT2D eigenvalue weighted by atomic mass is 35.5. The molecule has 1 aliphatic heterocycles. The van der Waals surface area contributed by atoms with Gasteiger partial charge in [0, 0.05) is 36.3 Å². The summed E-state index contributed by atoms with van der Waals surface area (Å²) in [6.45, 7) is 7.17. The standard InChI is InChI=1S/C29H29Cl2N7O3/c1-6-22(39)34-18-9-7-8-15(2)26(18)36-29-32-12-16-10-19(23-24(30)20(40-4)11-21(41-5)25(23)31)35-28(27(16)37-29)33-17-13-38(3)14-17/h6-12,17H,1,13-14H2,2-5H3,(H,33,35)(H,34,39)(H,32,36,37). The van der Waals surface area contributed by atoms with Crippen molar-refractivity contribution in [1.82, 2.24) is 19.9 Å². The Bertz CT molecular complexity index is 1630. The first-order valence-corrected chi connectivity index (χ1v) is 13.5. The van der Waals surface area contributed by atoms with Gasteiger partial charge in [0.2, 0.25) is 11.9 Å². The number of para-hydroxylation sites is 1. The lowest BCUT2D eigenvalue weighted by Crippen LogP contribution is -2.52. The SMILES string of the molecule is C=CC(=O)Nc1cccc(C)c1Nc1ncc2cc(-c3c(Cl)c(OC)cc(OC)c3Cl)nc(NC3CN(C)C3)c2n1. The average molecular weight is 595 g/mol. The molecule has 1 saturated heterocycles. The number of benzene rings is 2. The van der Waals surface area contributed by atoms with Gasteiger partial charge in [0.1, 0.15) is 17.0 Å². The lowest BCUT2D eigenvalue weighted by molar-refractivity contribution is -0.111. The molecular formula is C29H29Cl2N7O3. The molecule has 2 aromatic carbocycles. The maximum absolute atomic E-state index is 12.0. The molecule has 0 spiro atoms. The van der Waals surface area contributed by atoms with Crippen molar-refractivity contribution in [3.63, 3.8) is 0 Å². The van der Waals surface area contributed by atoms with E-state index in [0.717, 1.165) is 24.0 Å². The Labute approximate surface area is 247 Å². The van der Waals surface area contributed by atoms with E-state index in [2.05, 4.69) is 39.5 Å². The molecule has 4 aromatic rings. The molecule has 0 unspecified atom stereocenters. The van der Waals surface area contributed by atoms with Gasteiger partial charge in [0.15, 0.2) is 5.82 Å². The normalized spacial score (nSPS) is 13.4. The molecule has 0 saturated carbocycles. The number of halogens is 2. The molecule has 212 valence electrons. The van der Waals surface area contributed by atoms with Crippen LogP contribution in [0, 0.1) is 6.92 Å². The first-order valence-electron chi connectivity index (χ1n) is 12.8. The van der Waals surface area contributed by atoms with Crippen LogP contribution in [0.5, 0.6) is 11.5 Å². The molecule has 41 heavy (non-hydrogen) atoms. The van der Waals surface area contributed by atoms with E-state index < -0.39 is 0 Å². The molecule has 5 rings (SSSR count). The summed E-state index contributed by atoms with van der Waals surface area (Å²) in [5, 5.41) is 10.9. The van der Waals surface area contributed by atoms with E-state index in [4.69, 9.17) is 42.6 Å². The fourth-order valence-electron chi connectivity index (χ4n) is 4.66. The predicted molar refractivity (Wildman–Crippen MR) is 164 cm³/mol. The molecular weight excluding hydrogens is 565 g/mol.